The van der Waals surface area contributed by atoms with E-state index in [1.165, 1.54) is 0 Å². The number of piperazine rings is 1. The molecule has 2 saturated heterocycles. The van der Waals surface area contributed by atoms with E-state index in [4.69, 9.17) is 0 Å². The molecular formula is C16H22N4O2. The monoisotopic (exact) mass is 302 g/mol. The largest absolute Gasteiger partial charge is 0.346 e. The van der Waals surface area contributed by atoms with Crippen LogP contribution in [-0.2, 0) is 9.59 Å². The molecule has 2 unspecified atom stereocenters. The Kier molecular flexibility index (Phi) is 4.38. The van der Waals surface area contributed by atoms with Crippen molar-refractivity contribution in [1.29, 1.82) is 0 Å². The Hall–Kier alpha value is -1.95. The highest BCUT2D eigenvalue weighted by molar-refractivity contribution is 5.87. The van der Waals surface area contributed by atoms with Crippen LogP contribution >= 0.6 is 0 Å². The predicted molar refractivity (Wildman–Crippen MR) is 81.9 cm³/mol. The van der Waals surface area contributed by atoms with E-state index in [1.54, 1.807) is 18.1 Å². The summed E-state index contributed by atoms with van der Waals surface area (Å²) >= 11 is 0. The Morgan fingerprint density at radius 3 is 3.00 bits per heavy atom. The van der Waals surface area contributed by atoms with Crippen LogP contribution < -0.4 is 5.32 Å². The van der Waals surface area contributed by atoms with Crippen LogP contribution in [0.1, 0.15) is 24.4 Å². The molecule has 3 heterocycles. The quantitative estimate of drug-likeness (QED) is 0.860. The molecule has 0 radical (unpaired) electrons. The average Bonchev–Trinajstić information content (AvgIpc) is 2.57. The van der Waals surface area contributed by atoms with Crippen molar-refractivity contribution in [3.05, 3.63) is 30.1 Å². The van der Waals surface area contributed by atoms with E-state index in [2.05, 4.69) is 10.3 Å². The first kappa shape index (κ1) is 15.0. The molecule has 0 saturated carbocycles. The number of hydrogen-bond acceptors (Lipinski definition) is 4. The molecular weight excluding hydrogens is 280 g/mol. The highest BCUT2D eigenvalue weighted by Crippen LogP contribution is 2.27. The molecule has 0 spiro atoms. The summed E-state index contributed by atoms with van der Waals surface area (Å²) in [4.78, 5) is 32.6. The zero-order valence-corrected chi connectivity index (χ0v) is 12.9. The van der Waals surface area contributed by atoms with E-state index >= 15 is 0 Å². The molecule has 0 bridgehead atoms. The summed E-state index contributed by atoms with van der Waals surface area (Å²) in [5.41, 5.74) is 1.04. The average molecular weight is 302 g/mol. The van der Waals surface area contributed by atoms with E-state index in [-0.39, 0.29) is 23.8 Å². The molecule has 2 amide bonds. The van der Waals surface area contributed by atoms with Crippen molar-refractivity contribution in [1.82, 2.24) is 20.1 Å². The number of rotatable bonds is 2. The van der Waals surface area contributed by atoms with Gasteiger partial charge in [0.1, 0.15) is 0 Å². The molecule has 2 fully saturated rings. The van der Waals surface area contributed by atoms with Gasteiger partial charge in [-0.05, 0) is 18.1 Å². The fourth-order valence-electron chi connectivity index (χ4n) is 3.23. The van der Waals surface area contributed by atoms with Gasteiger partial charge in [-0.15, -0.1) is 0 Å². The van der Waals surface area contributed by atoms with Gasteiger partial charge in [-0.2, -0.15) is 0 Å². The summed E-state index contributed by atoms with van der Waals surface area (Å²) in [6, 6.07) is 3.90. The minimum absolute atomic E-state index is 0.00436. The zero-order valence-electron chi connectivity index (χ0n) is 12.9. The second-order valence-corrected chi connectivity index (χ2v) is 6.04. The van der Waals surface area contributed by atoms with Crippen molar-refractivity contribution in [3.63, 3.8) is 0 Å². The molecule has 6 nitrogen and oxygen atoms in total. The number of aromatic nitrogens is 1. The first-order valence-corrected chi connectivity index (χ1v) is 7.82. The van der Waals surface area contributed by atoms with Crippen LogP contribution in [0.4, 0.5) is 0 Å². The van der Waals surface area contributed by atoms with Gasteiger partial charge in [0.05, 0.1) is 6.04 Å². The lowest BCUT2D eigenvalue weighted by Crippen LogP contribution is -2.52. The lowest BCUT2D eigenvalue weighted by molar-refractivity contribution is -0.146. The predicted octanol–water partition coefficient (Wildman–Crippen LogP) is 0.423. The minimum atomic E-state index is -0.180. The van der Waals surface area contributed by atoms with Gasteiger partial charge in [0.2, 0.25) is 11.8 Å². The molecule has 1 aromatic heterocycles. The van der Waals surface area contributed by atoms with Crippen molar-refractivity contribution < 1.29 is 9.59 Å². The zero-order chi connectivity index (χ0) is 15.5. The number of piperidine rings is 1. The van der Waals surface area contributed by atoms with Crippen LogP contribution in [0, 0.1) is 5.92 Å². The summed E-state index contributed by atoms with van der Waals surface area (Å²) in [7, 11) is 1.80. The van der Waals surface area contributed by atoms with E-state index < -0.39 is 0 Å². The molecule has 0 aromatic carbocycles. The maximum atomic E-state index is 12.9. The summed E-state index contributed by atoms with van der Waals surface area (Å²) in [6.07, 6.45) is 4.64. The standard InChI is InChI=1S/C16H22N4O2/c1-19-7-4-12(9-15(19)21)16(22)20-8-6-18-11-14(20)13-3-2-5-17-10-13/h2-3,5,10,12,14,18H,4,6-9,11H2,1H3. The number of likely N-dealkylation sites (tertiary alicyclic amines) is 1. The molecule has 1 N–H and O–H groups in total. The van der Waals surface area contributed by atoms with Gasteiger partial charge in [0.15, 0.2) is 0 Å². The highest BCUT2D eigenvalue weighted by atomic mass is 16.2. The van der Waals surface area contributed by atoms with Crippen LogP contribution in [-0.4, -0.2) is 59.8 Å². The summed E-state index contributed by atoms with van der Waals surface area (Å²) < 4.78 is 0. The van der Waals surface area contributed by atoms with Crippen molar-refractivity contribution in [2.75, 3.05) is 33.2 Å². The lowest BCUT2D eigenvalue weighted by atomic mass is 9.93. The molecule has 118 valence electrons. The van der Waals surface area contributed by atoms with E-state index in [1.807, 2.05) is 23.2 Å². The minimum Gasteiger partial charge on any atom is -0.346 e. The SMILES string of the molecule is CN1CCC(C(=O)N2CCNCC2c2cccnc2)CC1=O. The van der Waals surface area contributed by atoms with Gasteiger partial charge in [-0.1, -0.05) is 6.07 Å². The maximum absolute atomic E-state index is 12.9. The van der Waals surface area contributed by atoms with Gasteiger partial charge in [0.25, 0.3) is 0 Å². The van der Waals surface area contributed by atoms with E-state index in [9.17, 15) is 9.59 Å². The number of carbonyl (C=O) groups is 2. The molecule has 2 aliphatic rings. The number of hydrogen-bond donors (Lipinski definition) is 1. The summed E-state index contributed by atoms with van der Waals surface area (Å²) in [5, 5.41) is 3.34. The number of pyridine rings is 1. The van der Waals surface area contributed by atoms with Gasteiger partial charge >= 0.3 is 0 Å². The molecule has 22 heavy (non-hydrogen) atoms. The second-order valence-electron chi connectivity index (χ2n) is 6.04. The topological polar surface area (TPSA) is 65.5 Å². The normalized spacial score (nSPS) is 26.1. The Morgan fingerprint density at radius 2 is 2.27 bits per heavy atom. The molecule has 6 heteroatoms. The van der Waals surface area contributed by atoms with Crippen LogP contribution in [0.5, 0.6) is 0 Å². The van der Waals surface area contributed by atoms with Gasteiger partial charge in [-0.25, -0.2) is 0 Å². The Labute approximate surface area is 130 Å². The lowest BCUT2D eigenvalue weighted by Gasteiger charge is -2.39. The number of amides is 2. The van der Waals surface area contributed by atoms with Crippen LogP contribution in [0.2, 0.25) is 0 Å². The van der Waals surface area contributed by atoms with Crippen molar-refractivity contribution in [2.45, 2.75) is 18.9 Å². The molecule has 2 atom stereocenters. The summed E-state index contributed by atoms with van der Waals surface area (Å²) in [5.74, 6) is -0.00423. The van der Waals surface area contributed by atoms with Crippen molar-refractivity contribution in [3.8, 4) is 0 Å². The second kappa shape index (κ2) is 6.44. The maximum Gasteiger partial charge on any atom is 0.226 e. The number of nitrogens with zero attached hydrogens (tertiary/aromatic N) is 3. The third-order valence-electron chi connectivity index (χ3n) is 4.60. The van der Waals surface area contributed by atoms with Crippen molar-refractivity contribution in [2.24, 2.45) is 5.92 Å². The fourth-order valence-corrected chi connectivity index (χ4v) is 3.23. The smallest absolute Gasteiger partial charge is 0.226 e. The molecule has 1 aromatic rings. The van der Waals surface area contributed by atoms with E-state index in [0.29, 0.717) is 19.5 Å². The molecule has 0 aliphatic carbocycles. The van der Waals surface area contributed by atoms with E-state index in [0.717, 1.165) is 25.1 Å². The van der Waals surface area contributed by atoms with Crippen LogP contribution in [0.25, 0.3) is 0 Å². The van der Waals surface area contributed by atoms with Gasteiger partial charge < -0.3 is 15.1 Å². The van der Waals surface area contributed by atoms with Gasteiger partial charge in [0, 0.05) is 58.0 Å². The third kappa shape index (κ3) is 2.97. The molecule has 2 aliphatic heterocycles. The first-order chi connectivity index (χ1) is 10.7. The third-order valence-corrected chi connectivity index (χ3v) is 4.60. The fraction of sp³-hybridized carbons (Fsp3) is 0.562. The van der Waals surface area contributed by atoms with Crippen LogP contribution in [0.15, 0.2) is 24.5 Å². The van der Waals surface area contributed by atoms with Crippen LogP contribution in [0.3, 0.4) is 0 Å². The number of nitrogens with one attached hydrogen (secondary N) is 1. The summed E-state index contributed by atoms with van der Waals surface area (Å²) in [6.45, 7) is 2.87. The Bertz CT molecular complexity index is 548. The highest BCUT2D eigenvalue weighted by Gasteiger charge is 2.35. The van der Waals surface area contributed by atoms with Gasteiger partial charge in [-0.3, -0.25) is 14.6 Å². The Balaban J connectivity index is 1.76. The first-order valence-electron chi connectivity index (χ1n) is 7.82. The Morgan fingerprint density at radius 1 is 1.41 bits per heavy atom. The molecule has 3 rings (SSSR count). The van der Waals surface area contributed by atoms with Crippen molar-refractivity contribution >= 4 is 11.8 Å². The number of carbonyl (C=O) groups excluding carboxylic acids is 2.